The van der Waals surface area contributed by atoms with Crippen LogP contribution in [-0.4, -0.2) is 31.7 Å². The number of ether oxygens (including phenoxy) is 3. The van der Waals surface area contributed by atoms with Gasteiger partial charge in [-0.1, -0.05) is 17.7 Å². The third-order valence-electron chi connectivity index (χ3n) is 3.46. The Morgan fingerprint density at radius 1 is 1.15 bits per heavy atom. The summed E-state index contributed by atoms with van der Waals surface area (Å²) in [5, 5.41) is 2.91. The quantitative estimate of drug-likeness (QED) is 0.740. The summed E-state index contributed by atoms with van der Waals surface area (Å²) in [5.74, 6) is 0.295. The summed E-state index contributed by atoms with van der Waals surface area (Å²) in [6, 6.07) is 11.5. The average Bonchev–Trinajstić information content (AvgIpc) is 2.63. The van der Waals surface area contributed by atoms with Gasteiger partial charge in [-0.3, -0.25) is 4.79 Å². The SMILES string of the molecule is CCOC(=O)c1ccc(NC(=O)C(C)Oc2cccc(OC)c2)c(Cl)c1. The number of methoxy groups -OCH3 is 1. The number of halogens is 1. The Morgan fingerprint density at radius 3 is 2.54 bits per heavy atom. The van der Waals surface area contributed by atoms with Crippen molar-refractivity contribution in [1.82, 2.24) is 0 Å². The lowest BCUT2D eigenvalue weighted by Gasteiger charge is -2.16. The predicted octanol–water partition coefficient (Wildman–Crippen LogP) is 3.93. The van der Waals surface area contributed by atoms with Crippen LogP contribution in [0.2, 0.25) is 5.02 Å². The van der Waals surface area contributed by atoms with Crippen LogP contribution in [0.15, 0.2) is 42.5 Å². The molecule has 0 aliphatic carbocycles. The molecule has 2 aromatic carbocycles. The van der Waals surface area contributed by atoms with Crippen LogP contribution >= 0.6 is 11.6 Å². The molecule has 0 aromatic heterocycles. The monoisotopic (exact) mass is 377 g/mol. The van der Waals surface area contributed by atoms with Crippen molar-refractivity contribution in [1.29, 1.82) is 0 Å². The van der Waals surface area contributed by atoms with Crippen molar-refractivity contribution in [3.63, 3.8) is 0 Å². The summed E-state index contributed by atoms with van der Waals surface area (Å²) in [6.45, 7) is 3.61. The highest BCUT2D eigenvalue weighted by Gasteiger charge is 2.17. The van der Waals surface area contributed by atoms with E-state index < -0.39 is 12.1 Å². The van der Waals surface area contributed by atoms with Crippen molar-refractivity contribution in [2.24, 2.45) is 0 Å². The van der Waals surface area contributed by atoms with E-state index in [1.165, 1.54) is 12.1 Å². The van der Waals surface area contributed by atoms with Crippen LogP contribution in [-0.2, 0) is 9.53 Å². The average molecular weight is 378 g/mol. The van der Waals surface area contributed by atoms with Gasteiger partial charge in [-0.2, -0.15) is 0 Å². The van der Waals surface area contributed by atoms with Gasteiger partial charge < -0.3 is 19.5 Å². The smallest absolute Gasteiger partial charge is 0.338 e. The van der Waals surface area contributed by atoms with Crippen LogP contribution in [0.25, 0.3) is 0 Å². The van der Waals surface area contributed by atoms with Gasteiger partial charge in [0, 0.05) is 6.07 Å². The van der Waals surface area contributed by atoms with Gasteiger partial charge in [0.25, 0.3) is 5.91 Å². The molecule has 0 aliphatic heterocycles. The van der Waals surface area contributed by atoms with E-state index in [0.29, 0.717) is 22.7 Å². The van der Waals surface area contributed by atoms with E-state index >= 15 is 0 Å². The van der Waals surface area contributed by atoms with Crippen LogP contribution < -0.4 is 14.8 Å². The molecule has 0 fully saturated rings. The Labute approximate surface area is 157 Å². The van der Waals surface area contributed by atoms with Gasteiger partial charge in [0.1, 0.15) is 11.5 Å². The number of nitrogens with one attached hydrogen (secondary N) is 1. The second-order valence-electron chi connectivity index (χ2n) is 5.34. The molecule has 1 amide bonds. The van der Waals surface area contributed by atoms with E-state index in [2.05, 4.69) is 5.32 Å². The minimum absolute atomic E-state index is 0.234. The Balaban J connectivity index is 2.03. The molecular weight excluding hydrogens is 358 g/mol. The number of amides is 1. The molecule has 0 saturated heterocycles. The van der Waals surface area contributed by atoms with E-state index in [9.17, 15) is 9.59 Å². The van der Waals surface area contributed by atoms with Crippen molar-refractivity contribution in [3.05, 3.63) is 53.1 Å². The first-order chi connectivity index (χ1) is 12.4. The maximum Gasteiger partial charge on any atom is 0.338 e. The third-order valence-corrected chi connectivity index (χ3v) is 3.77. The largest absolute Gasteiger partial charge is 0.497 e. The first-order valence-corrected chi connectivity index (χ1v) is 8.40. The van der Waals surface area contributed by atoms with Gasteiger partial charge in [0.15, 0.2) is 6.10 Å². The highest BCUT2D eigenvalue weighted by molar-refractivity contribution is 6.34. The lowest BCUT2D eigenvalue weighted by atomic mass is 10.2. The van der Waals surface area contributed by atoms with Gasteiger partial charge in [0.2, 0.25) is 0 Å². The van der Waals surface area contributed by atoms with E-state index in [1.807, 2.05) is 0 Å². The van der Waals surface area contributed by atoms with Gasteiger partial charge in [-0.25, -0.2) is 4.79 Å². The zero-order valence-corrected chi connectivity index (χ0v) is 15.5. The topological polar surface area (TPSA) is 73.9 Å². The van der Waals surface area contributed by atoms with Gasteiger partial charge >= 0.3 is 5.97 Å². The van der Waals surface area contributed by atoms with E-state index in [0.717, 1.165) is 0 Å². The summed E-state index contributed by atoms with van der Waals surface area (Å²) in [5.41, 5.74) is 0.696. The number of hydrogen-bond donors (Lipinski definition) is 1. The summed E-state index contributed by atoms with van der Waals surface area (Å²) >= 11 is 6.14. The maximum absolute atomic E-state index is 12.3. The third kappa shape index (κ3) is 5.13. The molecule has 0 saturated carbocycles. The molecule has 0 spiro atoms. The van der Waals surface area contributed by atoms with Crippen LogP contribution in [0.5, 0.6) is 11.5 Å². The summed E-state index contributed by atoms with van der Waals surface area (Å²) in [4.78, 5) is 24.0. The van der Waals surface area contributed by atoms with Crippen molar-refractivity contribution < 1.29 is 23.8 Å². The second-order valence-corrected chi connectivity index (χ2v) is 5.75. The Kier molecular flexibility index (Phi) is 6.86. The number of anilines is 1. The first-order valence-electron chi connectivity index (χ1n) is 8.02. The summed E-state index contributed by atoms with van der Waals surface area (Å²) in [6.07, 6.45) is -0.761. The Bertz CT molecular complexity index is 793. The normalized spacial score (nSPS) is 11.4. The summed E-state index contributed by atoms with van der Waals surface area (Å²) < 4.78 is 15.6. The zero-order chi connectivity index (χ0) is 19.1. The molecule has 1 atom stereocenters. The molecule has 0 heterocycles. The lowest BCUT2D eigenvalue weighted by molar-refractivity contribution is -0.122. The number of benzene rings is 2. The van der Waals surface area contributed by atoms with Crippen molar-refractivity contribution >= 4 is 29.2 Å². The van der Waals surface area contributed by atoms with E-state index in [-0.39, 0.29) is 17.5 Å². The van der Waals surface area contributed by atoms with Crippen LogP contribution in [0, 0.1) is 0 Å². The molecule has 7 heteroatoms. The van der Waals surface area contributed by atoms with Gasteiger partial charge in [0.05, 0.1) is 30.0 Å². The number of carbonyl (C=O) groups excluding carboxylic acids is 2. The van der Waals surface area contributed by atoms with E-state index in [4.69, 9.17) is 25.8 Å². The van der Waals surface area contributed by atoms with E-state index in [1.54, 1.807) is 51.3 Å². The number of esters is 1. The lowest BCUT2D eigenvalue weighted by Crippen LogP contribution is -2.30. The molecular formula is C19H20ClNO5. The van der Waals surface area contributed by atoms with Crippen molar-refractivity contribution in [3.8, 4) is 11.5 Å². The molecule has 2 aromatic rings. The molecule has 2 rings (SSSR count). The molecule has 1 unspecified atom stereocenters. The first kappa shape index (κ1) is 19.6. The van der Waals surface area contributed by atoms with Crippen LogP contribution in [0.3, 0.4) is 0 Å². The van der Waals surface area contributed by atoms with Crippen molar-refractivity contribution in [2.75, 3.05) is 19.0 Å². The number of hydrogen-bond acceptors (Lipinski definition) is 5. The standard InChI is InChI=1S/C19H20ClNO5/c1-4-25-19(23)13-8-9-17(16(20)10-13)21-18(22)12(2)26-15-7-5-6-14(11-15)24-3/h5-12H,4H2,1-3H3,(H,21,22). The fourth-order valence-corrected chi connectivity index (χ4v) is 2.35. The molecule has 26 heavy (non-hydrogen) atoms. The minimum Gasteiger partial charge on any atom is -0.497 e. The summed E-state index contributed by atoms with van der Waals surface area (Å²) in [7, 11) is 1.55. The number of rotatable bonds is 7. The zero-order valence-electron chi connectivity index (χ0n) is 14.7. The molecule has 0 bridgehead atoms. The fourth-order valence-electron chi connectivity index (χ4n) is 2.12. The highest BCUT2D eigenvalue weighted by Crippen LogP contribution is 2.24. The Morgan fingerprint density at radius 2 is 1.88 bits per heavy atom. The number of carbonyl (C=O) groups is 2. The van der Waals surface area contributed by atoms with Gasteiger partial charge in [-0.05, 0) is 44.2 Å². The molecule has 1 N–H and O–H groups in total. The molecule has 0 aliphatic rings. The Hall–Kier alpha value is -2.73. The van der Waals surface area contributed by atoms with Crippen LogP contribution in [0.1, 0.15) is 24.2 Å². The molecule has 138 valence electrons. The second kappa shape index (κ2) is 9.10. The fraction of sp³-hybridized carbons (Fsp3) is 0.263. The van der Waals surface area contributed by atoms with Crippen LogP contribution in [0.4, 0.5) is 5.69 Å². The minimum atomic E-state index is -0.761. The van der Waals surface area contributed by atoms with Gasteiger partial charge in [-0.15, -0.1) is 0 Å². The highest BCUT2D eigenvalue weighted by atomic mass is 35.5. The molecule has 0 radical (unpaired) electrons. The predicted molar refractivity (Wildman–Crippen MR) is 99.1 cm³/mol. The maximum atomic E-state index is 12.3. The molecule has 6 nitrogen and oxygen atoms in total. The van der Waals surface area contributed by atoms with Crippen molar-refractivity contribution in [2.45, 2.75) is 20.0 Å².